The molecule has 9 heteroatoms. The first-order chi connectivity index (χ1) is 14.7. The number of aromatic nitrogens is 4. The number of hydrogen-bond donors (Lipinski definition) is 0. The topological polar surface area (TPSA) is 84.4 Å². The predicted molar refractivity (Wildman–Crippen MR) is 101 cm³/mol. The second-order valence-electron chi connectivity index (χ2n) is 7.05. The van der Waals surface area contributed by atoms with Gasteiger partial charge in [0.05, 0.1) is 18.8 Å². The Hall–Kier alpha value is -3.72. The fourth-order valence-corrected chi connectivity index (χ4v) is 3.59. The Balaban J connectivity index is 1.25. The van der Waals surface area contributed by atoms with Gasteiger partial charge in [-0.3, -0.25) is 4.68 Å². The summed E-state index contributed by atoms with van der Waals surface area (Å²) in [6, 6.07) is 13.7. The van der Waals surface area contributed by atoms with Crippen molar-refractivity contribution in [3.8, 4) is 34.5 Å². The molecule has 150 valence electrons. The first-order valence-electron chi connectivity index (χ1n) is 9.41. The van der Waals surface area contributed by atoms with Crippen LogP contribution in [0.5, 0.6) is 11.5 Å². The summed E-state index contributed by atoms with van der Waals surface area (Å²) in [6.45, 7) is 1.11. The molecule has 0 radical (unpaired) electrons. The average Bonchev–Trinajstić information content (AvgIpc) is 3.51. The lowest BCUT2D eigenvalue weighted by atomic mass is 10.1. The van der Waals surface area contributed by atoms with Crippen molar-refractivity contribution in [3.63, 3.8) is 0 Å². The lowest BCUT2D eigenvalue weighted by Crippen LogP contribution is -2.21. The van der Waals surface area contributed by atoms with E-state index in [2.05, 4.69) is 15.2 Å². The van der Waals surface area contributed by atoms with Gasteiger partial charge in [0.1, 0.15) is 11.9 Å². The van der Waals surface area contributed by atoms with E-state index in [9.17, 15) is 4.39 Å². The molecule has 0 amide bonds. The second kappa shape index (κ2) is 6.67. The molecule has 2 aliphatic heterocycles. The number of nitrogens with zero attached hydrogens (tertiary/aromatic N) is 4. The standard InChI is InChI=1S/C21H15FN4O4/c22-14-4-1-12(2-5-14)19-9-26-15(10-27-19)8-16(24-26)21-23-20(25-30-21)13-3-6-17-18(7-13)29-11-28-17/h1-8,19H,9-11H2/t19-/m1/s1. The maximum atomic E-state index is 13.2. The molecule has 0 aliphatic carbocycles. The Morgan fingerprint density at radius 3 is 2.77 bits per heavy atom. The summed E-state index contributed by atoms with van der Waals surface area (Å²) in [5.41, 5.74) is 3.15. The highest BCUT2D eigenvalue weighted by Gasteiger charge is 2.25. The zero-order valence-electron chi connectivity index (χ0n) is 15.6. The molecule has 8 nitrogen and oxygen atoms in total. The number of ether oxygens (including phenoxy) is 3. The van der Waals surface area contributed by atoms with E-state index in [1.807, 2.05) is 28.9 Å². The smallest absolute Gasteiger partial charge is 0.278 e. The van der Waals surface area contributed by atoms with Crippen LogP contribution in [0, 0.1) is 5.82 Å². The molecule has 0 unspecified atom stereocenters. The lowest BCUT2D eigenvalue weighted by molar-refractivity contribution is -0.00116. The zero-order valence-corrected chi connectivity index (χ0v) is 15.6. The number of hydrogen-bond acceptors (Lipinski definition) is 7. The van der Waals surface area contributed by atoms with Crippen molar-refractivity contribution in [2.24, 2.45) is 0 Å². The third kappa shape index (κ3) is 2.91. The number of rotatable bonds is 3. The van der Waals surface area contributed by atoms with Gasteiger partial charge in [-0.25, -0.2) is 4.39 Å². The molecule has 0 saturated carbocycles. The first kappa shape index (κ1) is 17.2. The SMILES string of the molecule is Fc1ccc([C@H]2Cn3nc(-c4nc(-c5ccc6c(c5)OCO6)no4)cc3CO2)cc1. The van der Waals surface area contributed by atoms with Gasteiger partial charge in [0, 0.05) is 5.56 Å². The molecule has 6 rings (SSSR count). The summed E-state index contributed by atoms with van der Waals surface area (Å²) >= 11 is 0. The summed E-state index contributed by atoms with van der Waals surface area (Å²) < 4.78 is 37.1. The van der Waals surface area contributed by atoms with Crippen LogP contribution < -0.4 is 9.47 Å². The summed E-state index contributed by atoms with van der Waals surface area (Å²) in [5, 5.41) is 8.67. The van der Waals surface area contributed by atoms with E-state index in [1.165, 1.54) is 12.1 Å². The van der Waals surface area contributed by atoms with E-state index in [0.717, 1.165) is 16.8 Å². The summed E-state index contributed by atoms with van der Waals surface area (Å²) in [4.78, 5) is 4.47. The molecule has 30 heavy (non-hydrogen) atoms. The quantitative estimate of drug-likeness (QED) is 0.512. The number of halogens is 1. The van der Waals surface area contributed by atoms with Crippen LogP contribution in [0.15, 0.2) is 53.1 Å². The van der Waals surface area contributed by atoms with Gasteiger partial charge >= 0.3 is 0 Å². The predicted octanol–water partition coefficient (Wildman–Crippen LogP) is 3.74. The Morgan fingerprint density at radius 1 is 1.00 bits per heavy atom. The molecule has 0 spiro atoms. The molecule has 0 bridgehead atoms. The number of fused-ring (bicyclic) bond motifs is 2. The monoisotopic (exact) mass is 406 g/mol. The van der Waals surface area contributed by atoms with E-state index in [-0.39, 0.29) is 18.7 Å². The van der Waals surface area contributed by atoms with Gasteiger partial charge in [0.2, 0.25) is 12.6 Å². The van der Waals surface area contributed by atoms with Crippen molar-refractivity contribution in [2.75, 3.05) is 6.79 Å². The normalized spacial score (nSPS) is 17.2. The van der Waals surface area contributed by atoms with Gasteiger partial charge in [-0.1, -0.05) is 17.3 Å². The summed E-state index contributed by atoms with van der Waals surface area (Å²) in [5.74, 6) is 1.84. The minimum Gasteiger partial charge on any atom is -0.454 e. The molecule has 4 aromatic rings. The highest BCUT2D eigenvalue weighted by molar-refractivity contribution is 5.63. The molecule has 2 aromatic heterocycles. The maximum absolute atomic E-state index is 13.2. The minimum atomic E-state index is -0.272. The summed E-state index contributed by atoms with van der Waals surface area (Å²) in [6.07, 6.45) is -0.197. The molecular weight excluding hydrogens is 391 g/mol. The first-order valence-corrected chi connectivity index (χ1v) is 9.41. The van der Waals surface area contributed by atoms with Gasteiger partial charge < -0.3 is 18.7 Å². The molecule has 0 saturated heterocycles. The van der Waals surface area contributed by atoms with E-state index >= 15 is 0 Å². The van der Waals surface area contributed by atoms with Gasteiger partial charge in [-0.05, 0) is 42.0 Å². The molecule has 2 aliphatic rings. The molecule has 4 heterocycles. The lowest BCUT2D eigenvalue weighted by Gasteiger charge is -2.24. The Kier molecular flexibility index (Phi) is 3.81. The number of benzene rings is 2. The van der Waals surface area contributed by atoms with E-state index in [4.69, 9.17) is 18.7 Å². The van der Waals surface area contributed by atoms with Gasteiger partial charge in [-0.2, -0.15) is 10.1 Å². The van der Waals surface area contributed by atoms with E-state index in [0.29, 0.717) is 42.1 Å². The van der Waals surface area contributed by atoms with Crippen LogP contribution in [0.4, 0.5) is 4.39 Å². The molecule has 0 fully saturated rings. The van der Waals surface area contributed by atoms with Crippen molar-refractivity contribution in [2.45, 2.75) is 19.3 Å². The molecular formula is C21H15FN4O4. The van der Waals surface area contributed by atoms with Gasteiger partial charge in [0.25, 0.3) is 5.89 Å². The minimum absolute atomic E-state index is 0.197. The average molecular weight is 406 g/mol. The maximum Gasteiger partial charge on any atom is 0.278 e. The highest BCUT2D eigenvalue weighted by atomic mass is 19.1. The fourth-order valence-electron chi connectivity index (χ4n) is 3.59. The van der Waals surface area contributed by atoms with Crippen molar-refractivity contribution in [1.82, 2.24) is 19.9 Å². The van der Waals surface area contributed by atoms with Crippen LogP contribution in [0.2, 0.25) is 0 Å². The van der Waals surface area contributed by atoms with Crippen molar-refractivity contribution in [1.29, 1.82) is 0 Å². The largest absolute Gasteiger partial charge is 0.454 e. The van der Waals surface area contributed by atoms with Crippen LogP contribution in [-0.4, -0.2) is 26.7 Å². The molecule has 0 N–H and O–H groups in total. The third-order valence-electron chi connectivity index (χ3n) is 5.15. The van der Waals surface area contributed by atoms with E-state index in [1.54, 1.807) is 12.1 Å². The zero-order chi connectivity index (χ0) is 20.1. The second-order valence-corrected chi connectivity index (χ2v) is 7.05. The van der Waals surface area contributed by atoms with Crippen LogP contribution in [0.25, 0.3) is 23.0 Å². The van der Waals surface area contributed by atoms with Gasteiger partial charge in [0.15, 0.2) is 17.2 Å². The van der Waals surface area contributed by atoms with Crippen molar-refractivity contribution < 1.29 is 23.1 Å². The van der Waals surface area contributed by atoms with Crippen LogP contribution in [0.3, 0.4) is 0 Å². The third-order valence-corrected chi connectivity index (χ3v) is 5.15. The Labute approximate surface area is 169 Å². The van der Waals surface area contributed by atoms with Crippen LogP contribution in [0.1, 0.15) is 17.4 Å². The van der Waals surface area contributed by atoms with Crippen LogP contribution >= 0.6 is 0 Å². The van der Waals surface area contributed by atoms with Crippen molar-refractivity contribution in [3.05, 3.63) is 65.6 Å². The van der Waals surface area contributed by atoms with Crippen molar-refractivity contribution >= 4 is 0 Å². The van der Waals surface area contributed by atoms with Crippen LogP contribution in [-0.2, 0) is 17.9 Å². The molecule has 1 atom stereocenters. The molecule has 2 aromatic carbocycles. The highest BCUT2D eigenvalue weighted by Crippen LogP contribution is 2.36. The summed E-state index contributed by atoms with van der Waals surface area (Å²) in [7, 11) is 0. The Bertz CT molecular complexity index is 1230. The Morgan fingerprint density at radius 2 is 1.87 bits per heavy atom. The van der Waals surface area contributed by atoms with E-state index < -0.39 is 0 Å². The van der Waals surface area contributed by atoms with Gasteiger partial charge in [-0.15, -0.1) is 0 Å². The fraction of sp³-hybridized carbons (Fsp3) is 0.190.